The third kappa shape index (κ3) is 6.76. The van der Waals surface area contributed by atoms with Gasteiger partial charge in [-0.05, 0) is 30.7 Å². The van der Waals surface area contributed by atoms with Crippen molar-refractivity contribution in [2.75, 3.05) is 25.9 Å². The molecular weight excluding hydrogens is 350 g/mol. The van der Waals surface area contributed by atoms with Gasteiger partial charge in [0.15, 0.2) is 0 Å². The number of likely N-dealkylation sites (tertiary alicyclic amines) is 1. The summed E-state index contributed by atoms with van der Waals surface area (Å²) in [7, 11) is -3.20. The van der Waals surface area contributed by atoms with E-state index >= 15 is 0 Å². The van der Waals surface area contributed by atoms with Gasteiger partial charge in [0, 0.05) is 19.6 Å². The zero-order valence-corrected chi connectivity index (χ0v) is 15.5. The normalized spacial score (nSPS) is 19.4. The summed E-state index contributed by atoms with van der Waals surface area (Å²) in [5.74, 6) is 0.0873. The summed E-state index contributed by atoms with van der Waals surface area (Å²) in [6.07, 6.45) is 3.46. The third-order valence-electron chi connectivity index (χ3n) is 4.08. The summed E-state index contributed by atoms with van der Waals surface area (Å²) >= 11 is 0. The van der Waals surface area contributed by atoms with Crippen molar-refractivity contribution in [1.29, 1.82) is 0 Å². The lowest BCUT2D eigenvalue weighted by molar-refractivity contribution is -0.134. The van der Waals surface area contributed by atoms with Gasteiger partial charge in [0.2, 0.25) is 15.9 Å². The van der Waals surface area contributed by atoms with Crippen LogP contribution >= 0.6 is 12.4 Å². The molecular formula is C16H26ClN3O3S. The van der Waals surface area contributed by atoms with Crippen molar-refractivity contribution in [3.8, 4) is 0 Å². The summed E-state index contributed by atoms with van der Waals surface area (Å²) < 4.78 is 24.9. The lowest BCUT2D eigenvalue weighted by Gasteiger charge is -2.34. The van der Waals surface area contributed by atoms with Gasteiger partial charge in [-0.1, -0.05) is 30.3 Å². The number of nitrogens with one attached hydrogen (secondary N) is 1. The van der Waals surface area contributed by atoms with E-state index in [0.29, 0.717) is 26.1 Å². The van der Waals surface area contributed by atoms with Gasteiger partial charge in [-0.25, -0.2) is 13.1 Å². The Balaban J connectivity index is 0.00000288. The smallest absolute Gasteiger partial charge is 0.239 e. The Hall–Kier alpha value is -1.15. The van der Waals surface area contributed by atoms with Crippen LogP contribution in [0.3, 0.4) is 0 Å². The number of benzene rings is 1. The molecule has 1 aromatic rings. The molecule has 1 saturated heterocycles. The van der Waals surface area contributed by atoms with Crippen molar-refractivity contribution in [3.63, 3.8) is 0 Å². The van der Waals surface area contributed by atoms with Gasteiger partial charge in [0.25, 0.3) is 0 Å². The maximum atomic E-state index is 12.5. The van der Waals surface area contributed by atoms with Crippen LogP contribution in [-0.4, -0.2) is 51.2 Å². The van der Waals surface area contributed by atoms with Crippen molar-refractivity contribution in [2.24, 2.45) is 11.7 Å². The zero-order valence-electron chi connectivity index (χ0n) is 13.8. The number of nitrogens with zero attached hydrogens (tertiary/aromatic N) is 1. The van der Waals surface area contributed by atoms with E-state index in [9.17, 15) is 13.2 Å². The molecule has 8 heteroatoms. The number of rotatable bonds is 6. The fourth-order valence-corrected chi connectivity index (χ4v) is 3.43. The molecule has 1 fully saturated rings. The minimum absolute atomic E-state index is 0. The number of piperidine rings is 1. The highest BCUT2D eigenvalue weighted by Crippen LogP contribution is 2.17. The summed E-state index contributed by atoms with van der Waals surface area (Å²) in [5, 5.41) is 0. The minimum atomic E-state index is -3.20. The molecule has 0 aromatic heterocycles. The predicted octanol–water partition coefficient (Wildman–Crippen LogP) is 0.766. The predicted molar refractivity (Wildman–Crippen MR) is 97.5 cm³/mol. The lowest BCUT2D eigenvalue weighted by Crippen LogP contribution is -2.50. The van der Waals surface area contributed by atoms with Crippen LogP contribution in [0, 0.1) is 5.92 Å². The van der Waals surface area contributed by atoms with Crippen LogP contribution in [-0.2, 0) is 21.2 Å². The van der Waals surface area contributed by atoms with Crippen LogP contribution in [0.2, 0.25) is 0 Å². The van der Waals surface area contributed by atoms with E-state index in [4.69, 9.17) is 5.73 Å². The first-order valence-corrected chi connectivity index (χ1v) is 9.77. The first-order valence-electron chi connectivity index (χ1n) is 7.88. The molecule has 0 saturated carbocycles. The highest BCUT2D eigenvalue weighted by Gasteiger charge is 2.27. The molecule has 0 aliphatic carbocycles. The highest BCUT2D eigenvalue weighted by atomic mass is 35.5. The number of carbonyl (C=O) groups excluding carboxylic acids is 1. The van der Waals surface area contributed by atoms with Crippen molar-refractivity contribution in [1.82, 2.24) is 9.62 Å². The monoisotopic (exact) mass is 375 g/mol. The fourth-order valence-electron chi connectivity index (χ4n) is 2.89. The maximum absolute atomic E-state index is 12.5. The van der Waals surface area contributed by atoms with E-state index in [1.54, 1.807) is 4.90 Å². The Kier molecular flexibility index (Phi) is 8.15. The lowest BCUT2D eigenvalue weighted by atomic mass is 9.97. The van der Waals surface area contributed by atoms with Crippen molar-refractivity contribution in [3.05, 3.63) is 35.9 Å². The van der Waals surface area contributed by atoms with E-state index in [2.05, 4.69) is 4.72 Å². The quantitative estimate of drug-likeness (QED) is 0.768. The first kappa shape index (κ1) is 20.9. The number of hydrogen-bond acceptors (Lipinski definition) is 4. The average molecular weight is 376 g/mol. The third-order valence-corrected chi connectivity index (χ3v) is 4.77. The van der Waals surface area contributed by atoms with Gasteiger partial charge >= 0.3 is 0 Å². The van der Waals surface area contributed by atoms with Crippen LogP contribution in [0.25, 0.3) is 0 Å². The van der Waals surface area contributed by atoms with Crippen molar-refractivity contribution >= 4 is 28.3 Å². The van der Waals surface area contributed by atoms with E-state index in [-0.39, 0.29) is 24.2 Å². The molecule has 1 heterocycles. The second-order valence-electron chi connectivity index (χ2n) is 6.21. The molecule has 1 aliphatic heterocycles. The summed E-state index contributed by atoms with van der Waals surface area (Å²) in [6.45, 7) is 1.62. The Bertz CT molecular complexity index is 625. The van der Waals surface area contributed by atoms with Gasteiger partial charge in [-0.2, -0.15) is 0 Å². The Morgan fingerprint density at radius 2 is 2.04 bits per heavy atom. The SMILES string of the molecule is CS(=O)(=O)NCC1CCCN(C(=O)C(N)Cc2ccccc2)C1.Cl. The second kappa shape index (κ2) is 9.36. The molecule has 1 aromatic carbocycles. The molecule has 0 spiro atoms. The van der Waals surface area contributed by atoms with Gasteiger partial charge in [0.05, 0.1) is 12.3 Å². The van der Waals surface area contributed by atoms with Crippen LogP contribution in [0.1, 0.15) is 18.4 Å². The number of carbonyl (C=O) groups is 1. The fraction of sp³-hybridized carbons (Fsp3) is 0.562. The molecule has 2 rings (SSSR count). The van der Waals surface area contributed by atoms with Crippen LogP contribution < -0.4 is 10.5 Å². The highest BCUT2D eigenvalue weighted by molar-refractivity contribution is 7.88. The van der Waals surface area contributed by atoms with E-state index < -0.39 is 16.1 Å². The molecule has 2 unspecified atom stereocenters. The molecule has 0 radical (unpaired) electrons. The average Bonchev–Trinajstić information content (AvgIpc) is 2.53. The Morgan fingerprint density at radius 1 is 1.38 bits per heavy atom. The summed E-state index contributed by atoms with van der Waals surface area (Å²) in [6, 6.07) is 9.16. The molecule has 136 valence electrons. The van der Waals surface area contributed by atoms with E-state index in [1.165, 1.54) is 0 Å². The Labute approximate surface area is 150 Å². The number of sulfonamides is 1. The Morgan fingerprint density at radius 3 is 2.67 bits per heavy atom. The minimum Gasteiger partial charge on any atom is -0.341 e. The van der Waals surface area contributed by atoms with E-state index in [0.717, 1.165) is 24.7 Å². The van der Waals surface area contributed by atoms with Gasteiger partial charge in [-0.15, -0.1) is 12.4 Å². The molecule has 2 atom stereocenters. The number of amides is 1. The molecule has 3 N–H and O–H groups in total. The first-order chi connectivity index (χ1) is 10.8. The largest absolute Gasteiger partial charge is 0.341 e. The van der Waals surface area contributed by atoms with E-state index in [1.807, 2.05) is 30.3 Å². The number of halogens is 1. The molecule has 0 bridgehead atoms. The van der Waals surface area contributed by atoms with Crippen molar-refractivity contribution in [2.45, 2.75) is 25.3 Å². The molecule has 6 nitrogen and oxygen atoms in total. The van der Waals surface area contributed by atoms with Gasteiger partial charge < -0.3 is 10.6 Å². The van der Waals surface area contributed by atoms with Crippen LogP contribution in [0.5, 0.6) is 0 Å². The topological polar surface area (TPSA) is 92.5 Å². The second-order valence-corrected chi connectivity index (χ2v) is 8.04. The van der Waals surface area contributed by atoms with Gasteiger partial charge in [0.1, 0.15) is 0 Å². The number of hydrogen-bond donors (Lipinski definition) is 2. The van der Waals surface area contributed by atoms with Crippen molar-refractivity contribution < 1.29 is 13.2 Å². The van der Waals surface area contributed by atoms with Crippen LogP contribution in [0.15, 0.2) is 30.3 Å². The standard InChI is InChI=1S/C16H25N3O3S.ClH/c1-23(21,22)18-11-14-8-5-9-19(12-14)16(20)15(17)10-13-6-3-2-4-7-13;/h2-4,6-7,14-15,18H,5,8-12,17H2,1H3;1H. The zero-order chi connectivity index (χ0) is 16.9. The summed E-state index contributed by atoms with van der Waals surface area (Å²) in [4.78, 5) is 14.3. The molecule has 1 amide bonds. The number of nitrogens with two attached hydrogens (primary N) is 1. The van der Waals surface area contributed by atoms with Gasteiger partial charge in [-0.3, -0.25) is 4.79 Å². The summed E-state index contributed by atoms with van der Waals surface area (Å²) in [5.41, 5.74) is 7.11. The van der Waals surface area contributed by atoms with Crippen LogP contribution in [0.4, 0.5) is 0 Å². The molecule has 1 aliphatic rings. The maximum Gasteiger partial charge on any atom is 0.239 e. The molecule has 24 heavy (non-hydrogen) atoms.